The molecular weight excluding hydrogens is 312 g/mol. The van der Waals surface area contributed by atoms with Gasteiger partial charge in [-0.25, -0.2) is 0 Å². The molecule has 0 unspecified atom stereocenters. The number of anilines is 1. The van der Waals surface area contributed by atoms with E-state index in [1.165, 1.54) is 24.9 Å². The molecule has 25 heavy (non-hydrogen) atoms. The van der Waals surface area contributed by atoms with Crippen LogP contribution in [0.1, 0.15) is 26.2 Å². The van der Waals surface area contributed by atoms with Crippen molar-refractivity contribution in [1.29, 1.82) is 0 Å². The second-order valence-corrected chi connectivity index (χ2v) is 8.54. The van der Waals surface area contributed by atoms with E-state index >= 15 is 0 Å². The van der Waals surface area contributed by atoms with Gasteiger partial charge in [0.2, 0.25) is 5.91 Å². The summed E-state index contributed by atoms with van der Waals surface area (Å²) in [7, 11) is 1.71. The first-order valence-electron chi connectivity index (χ1n) is 9.87. The fourth-order valence-electron chi connectivity index (χ4n) is 6.20. The Morgan fingerprint density at radius 1 is 1.16 bits per heavy atom. The number of hydrogen-bond acceptors (Lipinski definition) is 3. The summed E-state index contributed by atoms with van der Waals surface area (Å²) < 4.78 is 5.36. The van der Waals surface area contributed by atoms with Gasteiger partial charge in [0.1, 0.15) is 5.75 Å². The van der Waals surface area contributed by atoms with Gasteiger partial charge in [-0.2, -0.15) is 0 Å². The predicted molar refractivity (Wildman–Crippen MR) is 97.7 cm³/mol. The van der Waals surface area contributed by atoms with Gasteiger partial charge in [0.05, 0.1) is 7.11 Å². The molecule has 2 bridgehead atoms. The summed E-state index contributed by atoms with van der Waals surface area (Å²) in [5.74, 6) is 4.98. The summed E-state index contributed by atoms with van der Waals surface area (Å²) in [5.41, 5.74) is 1.19. The first-order chi connectivity index (χ1) is 12.2. The van der Waals surface area contributed by atoms with Crippen molar-refractivity contribution in [2.24, 2.45) is 29.6 Å². The van der Waals surface area contributed by atoms with Gasteiger partial charge in [0.15, 0.2) is 0 Å². The van der Waals surface area contributed by atoms with Gasteiger partial charge in [-0.05, 0) is 62.0 Å². The van der Waals surface area contributed by atoms with E-state index in [9.17, 15) is 4.79 Å². The Hall–Kier alpha value is -1.71. The summed E-state index contributed by atoms with van der Waals surface area (Å²) >= 11 is 0. The van der Waals surface area contributed by atoms with Crippen molar-refractivity contribution in [2.45, 2.75) is 32.2 Å². The van der Waals surface area contributed by atoms with Crippen LogP contribution in [0.3, 0.4) is 0 Å². The van der Waals surface area contributed by atoms with Crippen LogP contribution in [0.5, 0.6) is 5.75 Å². The highest BCUT2D eigenvalue weighted by Crippen LogP contribution is 2.69. The third-order valence-electron chi connectivity index (χ3n) is 7.34. The number of methoxy groups -OCH3 is 1. The van der Waals surface area contributed by atoms with Crippen molar-refractivity contribution in [3.63, 3.8) is 0 Å². The van der Waals surface area contributed by atoms with Crippen LogP contribution in [0.4, 0.5) is 5.69 Å². The molecule has 4 aliphatic rings. The van der Waals surface area contributed by atoms with Crippen LogP contribution in [0, 0.1) is 29.6 Å². The Balaban J connectivity index is 1.25. The maximum Gasteiger partial charge on any atom is 0.226 e. The maximum absolute atomic E-state index is 13.1. The van der Waals surface area contributed by atoms with Crippen LogP contribution >= 0.6 is 0 Å². The zero-order chi connectivity index (χ0) is 17.1. The number of carbonyl (C=O) groups is 1. The summed E-state index contributed by atoms with van der Waals surface area (Å²) in [6.07, 6.45) is 4.18. The van der Waals surface area contributed by atoms with Gasteiger partial charge in [0.25, 0.3) is 0 Å². The molecule has 1 amide bonds. The topological polar surface area (TPSA) is 32.8 Å². The van der Waals surface area contributed by atoms with E-state index in [0.29, 0.717) is 17.9 Å². The highest BCUT2D eigenvalue weighted by Gasteiger charge is 2.68. The van der Waals surface area contributed by atoms with Crippen LogP contribution in [-0.2, 0) is 4.79 Å². The molecule has 0 radical (unpaired) electrons. The molecule has 1 aromatic rings. The first kappa shape index (κ1) is 15.5. The average Bonchev–Trinajstić information content (AvgIpc) is 3.07. The van der Waals surface area contributed by atoms with Crippen LogP contribution in [-0.4, -0.2) is 43.6 Å². The summed E-state index contributed by atoms with van der Waals surface area (Å²) in [6, 6.07) is 8.60. The van der Waals surface area contributed by atoms with Crippen molar-refractivity contribution < 1.29 is 9.53 Å². The van der Waals surface area contributed by atoms with E-state index in [-0.39, 0.29) is 0 Å². The Morgan fingerprint density at radius 3 is 2.60 bits per heavy atom. The number of benzene rings is 1. The molecule has 1 aliphatic heterocycles. The Labute approximate surface area is 150 Å². The molecule has 3 saturated carbocycles. The predicted octanol–water partition coefficient (Wildman–Crippen LogP) is 3.02. The van der Waals surface area contributed by atoms with Gasteiger partial charge in [-0.3, -0.25) is 4.79 Å². The Morgan fingerprint density at radius 2 is 1.92 bits per heavy atom. The molecule has 4 heteroatoms. The molecule has 0 N–H and O–H groups in total. The third kappa shape index (κ3) is 2.37. The molecule has 4 fully saturated rings. The second kappa shape index (κ2) is 5.65. The molecule has 1 saturated heterocycles. The summed E-state index contributed by atoms with van der Waals surface area (Å²) in [5, 5.41) is 0. The van der Waals surface area contributed by atoms with Crippen molar-refractivity contribution in [1.82, 2.24) is 4.90 Å². The Bertz CT molecular complexity index is 674. The zero-order valence-corrected chi connectivity index (χ0v) is 15.2. The highest BCUT2D eigenvalue weighted by atomic mass is 16.5. The number of rotatable bonds is 3. The van der Waals surface area contributed by atoms with Gasteiger partial charge < -0.3 is 14.5 Å². The standard InChI is InChI=1S/C21H28N2O2/c1-13-12-22(8-9-23(13)16-4-3-5-17(11-16)25-2)21(24)20-18-14-6-7-15(10-14)19(18)20/h3-5,11,13-15,18-20H,6-10,12H2,1-2H3/t13-,14-,15-,18+,19+/m0/s1. The minimum absolute atomic E-state index is 0.347. The number of nitrogens with zero attached hydrogens (tertiary/aromatic N) is 2. The van der Waals surface area contributed by atoms with Crippen molar-refractivity contribution in [2.75, 3.05) is 31.6 Å². The number of carbonyl (C=O) groups excluding carboxylic acids is 1. The average molecular weight is 340 g/mol. The smallest absolute Gasteiger partial charge is 0.226 e. The van der Waals surface area contributed by atoms with E-state index < -0.39 is 0 Å². The Kier molecular flexibility index (Phi) is 3.51. The third-order valence-corrected chi connectivity index (χ3v) is 7.34. The highest BCUT2D eigenvalue weighted by molar-refractivity contribution is 5.83. The number of piperazine rings is 1. The van der Waals surface area contributed by atoms with E-state index in [4.69, 9.17) is 4.74 Å². The van der Waals surface area contributed by atoms with Crippen LogP contribution < -0.4 is 9.64 Å². The molecule has 1 heterocycles. The van der Waals surface area contributed by atoms with E-state index in [1.807, 2.05) is 12.1 Å². The monoisotopic (exact) mass is 340 g/mol. The minimum Gasteiger partial charge on any atom is -0.497 e. The molecule has 5 atom stereocenters. The van der Waals surface area contributed by atoms with Gasteiger partial charge in [-0.15, -0.1) is 0 Å². The number of hydrogen-bond donors (Lipinski definition) is 0. The number of amides is 1. The van der Waals surface area contributed by atoms with Gasteiger partial charge in [0, 0.05) is 43.3 Å². The molecule has 4 nitrogen and oxygen atoms in total. The van der Waals surface area contributed by atoms with Crippen molar-refractivity contribution >= 4 is 11.6 Å². The maximum atomic E-state index is 13.1. The fraction of sp³-hybridized carbons (Fsp3) is 0.667. The fourth-order valence-corrected chi connectivity index (χ4v) is 6.20. The van der Waals surface area contributed by atoms with Crippen LogP contribution in [0.15, 0.2) is 24.3 Å². The number of fused-ring (bicyclic) bond motifs is 5. The molecule has 0 aromatic heterocycles. The van der Waals surface area contributed by atoms with Crippen LogP contribution in [0.2, 0.25) is 0 Å². The quantitative estimate of drug-likeness (QED) is 0.848. The van der Waals surface area contributed by atoms with Crippen molar-refractivity contribution in [3.8, 4) is 5.75 Å². The first-order valence-corrected chi connectivity index (χ1v) is 9.87. The lowest BCUT2D eigenvalue weighted by atomic mass is 10.0. The lowest BCUT2D eigenvalue weighted by Crippen LogP contribution is -2.54. The summed E-state index contributed by atoms with van der Waals surface area (Å²) in [6.45, 7) is 4.85. The van der Waals surface area contributed by atoms with E-state index in [2.05, 4.69) is 28.9 Å². The summed E-state index contributed by atoms with van der Waals surface area (Å²) in [4.78, 5) is 17.6. The minimum atomic E-state index is 0.347. The lowest BCUT2D eigenvalue weighted by Gasteiger charge is -2.41. The molecule has 0 spiro atoms. The van der Waals surface area contributed by atoms with Gasteiger partial charge in [-0.1, -0.05) is 6.07 Å². The number of ether oxygens (including phenoxy) is 1. The van der Waals surface area contributed by atoms with E-state index in [0.717, 1.165) is 49.1 Å². The van der Waals surface area contributed by atoms with Gasteiger partial charge >= 0.3 is 0 Å². The molecule has 3 aliphatic carbocycles. The molecular formula is C21H28N2O2. The lowest BCUT2D eigenvalue weighted by molar-refractivity contribution is -0.134. The largest absolute Gasteiger partial charge is 0.497 e. The SMILES string of the molecule is COc1cccc(N2CCN(C(=O)C3[C@@H]4[C@H]5CC[C@@H](C5)[C@@H]34)C[C@@H]2C)c1. The molecule has 5 rings (SSSR count). The normalized spacial score (nSPS) is 38.6. The molecule has 134 valence electrons. The van der Waals surface area contributed by atoms with Crippen LogP contribution in [0.25, 0.3) is 0 Å². The molecule has 1 aromatic carbocycles. The van der Waals surface area contributed by atoms with E-state index in [1.54, 1.807) is 7.11 Å². The van der Waals surface area contributed by atoms with Crippen molar-refractivity contribution in [3.05, 3.63) is 24.3 Å². The second-order valence-electron chi connectivity index (χ2n) is 8.54. The zero-order valence-electron chi connectivity index (χ0n) is 15.2.